The summed E-state index contributed by atoms with van der Waals surface area (Å²) in [6.07, 6.45) is 4.62. The second-order valence-corrected chi connectivity index (χ2v) is 4.17. The molecule has 1 aromatic heterocycles. The molecular weight excluding hydrogens is 178 g/mol. The molecule has 80 valence electrons. The van der Waals surface area contributed by atoms with E-state index in [4.69, 9.17) is 5.11 Å². The van der Waals surface area contributed by atoms with Crippen LogP contribution in [0.3, 0.4) is 0 Å². The number of nitrogens with one attached hydrogen (secondary N) is 1. The van der Waals surface area contributed by atoms with E-state index < -0.39 is 0 Å². The summed E-state index contributed by atoms with van der Waals surface area (Å²) in [5, 5.41) is 12.3. The summed E-state index contributed by atoms with van der Waals surface area (Å²) >= 11 is 0. The Bertz CT molecular complexity index is 281. The molecule has 0 amide bonds. The zero-order valence-corrected chi connectivity index (χ0v) is 9.12. The Morgan fingerprint density at radius 3 is 2.79 bits per heavy atom. The van der Waals surface area contributed by atoms with E-state index in [2.05, 4.69) is 10.3 Å². The number of imidazole rings is 1. The lowest BCUT2D eigenvalue weighted by Gasteiger charge is -2.23. The van der Waals surface area contributed by atoms with Crippen LogP contribution in [0.1, 0.15) is 19.7 Å². The number of aromatic nitrogens is 2. The first kappa shape index (κ1) is 11.2. The maximum atomic E-state index is 9.02. The average molecular weight is 197 g/mol. The van der Waals surface area contributed by atoms with Gasteiger partial charge in [0.2, 0.25) is 0 Å². The van der Waals surface area contributed by atoms with E-state index in [0.29, 0.717) is 0 Å². The number of aryl methyl sites for hydroxylation is 1. The van der Waals surface area contributed by atoms with Crippen molar-refractivity contribution in [3.63, 3.8) is 0 Å². The van der Waals surface area contributed by atoms with Gasteiger partial charge in [-0.05, 0) is 13.8 Å². The molecule has 0 fully saturated rings. The van der Waals surface area contributed by atoms with Gasteiger partial charge in [0.15, 0.2) is 0 Å². The number of hydrogen-bond donors (Lipinski definition) is 2. The lowest BCUT2D eigenvalue weighted by molar-refractivity contribution is 0.189. The minimum absolute atomic E-state index is 0.146. The zero-order valence-electron chi connectivity index (χ0n) is 9.12. The van der Waals surface area contributed by atoms with Gasteiger partial charge in [0.25, 0.3) is 0 Å². The summed E-state index contributed by atoms with van der Waals surface area (Å²) in [5.41, 5.74) is -0.203. The van der Waals surface area contributed by atoms with E-state index in [-0.39, 0.29) is 12.1 Å². The van der Waals surface area contributed by atoms with E-state index in [1.54, 1.807) is 6.20 Å². The van der Waals surface area contributed by atoms with E-state index >= 15 is 0 Å². The largest absolute Gasteiger partial charge is 0.394 e. The van der Waals surface area contributed by atoms with Gasteiger partial charge in [-0.1, -0.05) is 0 Å². The fraction of sp³-hybridized carbons (Fsp3) is 0.700. The monoisotopic (exact) mass is 197 g/mol. The van der Waals surface area contributed by atoms with Crippen molar-refractivity contribution in [2.75, 3.05) is 13.2 Å². The third kappa shape index (κ3) is 3.12. The maximum Gasteiger partial charge on any atom is 0.109 e. The first-order chi connectivity index (χ1) is 6.55. The Labute approximate surface area is 85.0 Å². The van der Waals surface area contributed by atoms with E-state index in [9.17, 15) is 0 Å². The molecule has 0 saturated heterocycles. The number of nitrogens with zero attached hydrogens (tertiary/aromatic N) is 2. The third-order valence-electron chi connectivity index (χ3n) is 2.27. The molecule has 14 heavy (non-hydrogen) atoms. The van der Waals surface area contributed by atoms with Crippen molar-refractivity contribution < 1.29 is 5.11 Å². The van der Waals surface area contributed by atoms with Crippen molar-refractivity contribution in [1.82, 2.24) is 14.9 Å². The van der Waals surface area contributed by atoms with E-state index in [0.717, 1.165) is 18.8 Å². The molecule has 0 aliphatic carbocycles. The molecule has 0 radical (unpaired) electrons. The topological polar surface area (TPSA) is 50.1 Å². The fourth-order valence-corrected chi connectivity index (χ4v) is 1.21. The predicted molar refractivity (Wildman–Crippen MR) is 56.1 cm³/mol. The van der Waals surface area contributed by atoms with Crippen LogP contribution in [-0.2, 0) is 13.5 Å². The molecule has 4 nitrogen and oxygen atoms in total. The van der Waals surface area contributed by atoms with Crippen molar-refractivity contribution in [3.8, 4) is 0 Å². The van der Waals surface area contributed by atoms with Gasteiger partial charge in [0, 0.05) is 37.9 Å². The molecule has 0 bridgehead atoms. The zero-order chi connectivity index (χ0) is 10.6. The van der Waals surface area contributed by atoms with Gasteiger partial charge in [-0.15, -0.1) is 0 Å². The highest BCUT2D eigenvalue weighted by atomic mass is 16.3. The van der Waals surface area contributed by atoms with E-state index in [1.165, 1.54) is 0 Å². The summed E-state index contributed by atoms with van der Waals surface area (Å²) in [6, 6.07) is 0. The highest BCUT2D eigenvalue weighted by Gasteiger charge is 2.14. The fourth-order valence-electron chi connectivity index (χ4n) is 1.21. The van der Waals surface area contributed by atoms with Crippen LogP contribution in [0, 0.1) is 0 Å². The third-order valence-corrected chi connectivity index (χ3v) is 2.27. The van der Waals surface area contributed by atoms with Crippen LogP contribution in [-0.4, -0.2) is 33.3 Å². The van der Waals surface area contributed by atoms with Gasteiger partial charge in [0.05, 0.1) is 6.61 Å². The smallest absolute Gasteiger partial charge is 0.109 e. The number of aliphatic hydroxyl groups excluding tert-OH is 1. The summed E-state index contributed by atoms with van der Waals surface area (Å²) in [7, 11) is 1.99. The van der Waals surface area contributed by atoms with Gasteiger partial charge >= 0.3 is 0 Å². The summed E-state index contributed by atoms with van der Waals surface area (Å²) < 4.78 is 2.01. The standard InChI is InChI=1S/C10H19N3O/c1-10(2,8-14)12-5-4-9-11-6-7-13(9)3/h6-7,12,14H,4-5,8H2,1-3H3. The molecule has 2 N–H and O–H groups in total. The first-order valence-corrected chi connectivity index (χ1v) is 4.87. The highest BCUT2D eigenvalue weighted by Crippen LogP contribution is 2.00. The highest BCUT2D eigenvalue weighted by molar-refractivity contribution is 4.92. The molecule has 0 unspecified atom stereocenters. The maximum absolute atomic E-state index is 9.02. The van der Waals surface area contributed by atoms with Gasteiger partial charge < -0.3 is 15.0 Å². The summed E-state index contributed by atoms with van der Waals surface area (Å²) in [5.74, 6) is 1.06. The van der Waals surface area contributed by atoms with Crippen LogP contribution in [0.4, 0.5) is 0 Å². The Morgan fingerprint density at radius 2 is 2.29 bits per heavy atom. The molecule has 1 rings (SSSR count). The van der Waals surface area contributed by atoms with Crippen LogP contribution < -0.4 is 5.32 Å². The SMILES string of the molecule is Cn1ccnc1CCNC(C)(C)CO. The summed E-state index contributed by atoms with van der Waals surface area (Å²) in [4.78, 5) is 4.22. The van der Waals surface area contributed by atoms with Crippen LogP contribution in [0.2, 0.25) is 0 Å². The van der Waals surface area contributed by atoms with Crippen molar-refractivity contribution in [2.24, 2.45) is 7.05 Å². The van der Waals surface area contributed by atoms with Crippen LogP contribution >= 0.6 is 0 Å². The molecule has 4 heteroatoms. The molecule has 1 aromatic rings. The summed E-state index contributed by atoms with van der Waals surface area (Å²) in [6.45, 7) is 4.93. The van der Waals surface area contributed by atoms with Crippen LogP contribution in [0.5, 0.6) is 0 Å². The van der Waals surface area contributed by atoms with Crippen molar-refractivity contribution in [2.45, 2.75) is 25.8 Å². The second kappa shape index (κ2) is 4.57. The molecule has 0 spiro atoms. The molecule has 0 aliphatic rings. The quantitative estimate of drug-likeness (QED) is 0.715. The normalized spacial score (nSPS) is 12.0. The lowest BCUT2D eigenvalue weighted by Crippen LogP contribution is -2.43. The Morgan fingerprint density at radius 1 is 1.57 bits per heavy atom. The lowest BCUT2D eigenvalue weighted by atomic mass is 10.1. The molecule has 0 aliphatic heterocycles. The molecular formula is C10H19N3O. The number of aliphatic hydroxyl groups is 1. The van der Waals surface area contributed by atoms with Gasteiger partial charge in [-0.25, -0.2) is 4.98 Å². The van der Waals surface area contributed by atoms with Gasteiger partial charge in [-0.2, -0.15) is 0 Å². The van der Waals surface area contributed by atoms with Crippen molar-refractivity contribution >= 4 is 0 Å². The van der Waals surface area contributed by atoms with Gasteiger partial charge in [-0.3, -0.25) is 0 Å². The molecule has 1 heterocycles. The number of hydrogen-bond acceptors (Lipinski definition) is 3. The Hall–Kier alpha value is -0.870. The second-order valence-electron chi connectivity index (χ2n) is 4.17. The Balaban J connectivity index is 2.32. The molecule has 0 aromatic carbocycles. The van der Waals surface area contributed by atoms with Gasteiger partial charge in [0.1, 0.15) is 5.82 Å². The molecule has 0 atom stereocenters. The predicted octanol–water partition coefficient (Wildman–Crippen LogP) is 0.323. The van der Waals surface area contributed by atoms with Crippen LogP contribution in [0.25, 0.3) is 0 Å². The van der Waals surface area contributed by atoms with Crippen molar-refractivity contribution in [1.29, 1.82) is 0 Å². The van der Waals surface area contributed by atoms with Crippen LogP contribution in [0.15, 0.2) is 12.4 Å². The Kier molecular flexibility index (Phi) is 3.66. The van der Waals surface area contributed by atoms with E-state index in [1.807, 2.05) is 31.7 Å². The van der Waals surface area contributed by atoms with Crippen molar-refractivity contribution in [3.05, 3.63) is 18.2 Å². The average Bonchev–Trinajstić information content (AvgIpc) is 2.52. The molecule has 0 saturated carbocycles. The minimum atomic E-state index is -0.203. The minimum Gasteiger partial charge on any atom is -0.394 e. The first-order valence-electron chi connectivity index (χ1n) is 4.87. The number of rotatable bonds is 5.